The van der Waals surface area contributed by atoms with Crippen LogP contribution >= 0.6 is 11.3 Å². The van der Waals surface area contributed by atoms with Crippen molar-refractivity contribution in [3.8, 4) is 0 Å². The lowest BCUT2D eigenvalue weighted by Gasteiger charge is -2.39. The number of thiophene rings is 1. The number of hydrogen-bond donors (Lipinski definition) is 1. The minimum atomic E-state index is -0.438. The first-order valence-corrected chi connectivity index (χ1v) is 6.77. The molecular weight excluding hydrogens is 204 g/mol. The summed E-state index contributed by atoms with van der Waals surface area (Å²) in [5, 5.41) is 14.8. The lowest BCUT2D eigenvalue weighted by molar-refractivity contribution is -0.0278. The largest absolute Gasteiger partial charge is 0.390 e. The number of rotatable bonds is 2. The molecule has 3 unspecified atom stereocenters. The quantitative estimate of drug-likeness (QED) is 0.815. The van der Waals surface area contributed by atoms with Gasteiger partial charge in [0.1, 0.15) is 0 Å². The standard InChI is InChI=1S/C13H20OS/c1-10-3-5-13(14,7-11(10)2)8-12-4-6-15-9-12/h4,6,9-11,14H,3,5,7-8H2,1-2H3. The summed E-state index contributed by atoms with van der Waals surface area (Å²) >= 11 is 1.72. The molecule has 0 saturated heterocycles. The van der Waals surface area contributed by atoms with Gasteiger partial charge in [0.2, 0.25) is 0 Å². The highest BCUT2D eigenvalue weighted by Crippen LogP contribution is 2.38. The van der Waals surface area contributed by atoms with E-state index in [-0.39, 0.29) is 0 Å². The molecule has 1 N–H and O–H groups in total. The Kier molecular flexibility index (Phi) is 3.17. The molecule has 0 aromatic carbocycles. The predicted octanol–water partition coefficient (Wildman–Crippen LogP) is 3.48. The summed E-state index contributed by atoms with van der Waals surface area (Å²) in [6.45, 7) is 4.57. The Morgan fingerprint density at radius 1 is 1.47 bits per heavy atom. The third-order valence-corrected chi connectivity index (χ3v) is 4.58. The van der Waals surface area contributed by atoms with Crippen LogP contribution in [0.4, 0.5) is 0 Å². The van der Waals surface area contributed by atoms with Crippen molar-refractivity contribution in [2.24, 2.45) is 11.8 Å². The van der Waals surface area contributed by atoms with Gasteiger partial charge in [-0.15, -0.1) is 0 Å². The zero-order chi connectivity index (χ0) is 10.9. The fourth-order valence-corrected chi connectivity index (χ4v) is 3.29. The molecule has 0 spiro atoms. The van der Waals surface area contributed by atoms with Crippen LogP contribution in [0, 0.1) is 11.8 Å². The third-order valence-electron chi connectivity index (χ3n) is 3.85. The molecule has 1 aromatic rings. The van der Waals surface area contributed by atoms with Gasteiger partial charge in [0.05, 0.1) is 5.60 Å². The summed E-state index contributed by atoms with van der Waals surface area (Å²) in [4.78, 5) is 0. The Morgan fingerprint density at radius 3 is 2.87 bits per heavy atom. The van der Waals surface area contributed by atoms with Crippen molar-refractivity contribution in [1.82, 2.24) is 0 Å². The van der Waals surface area contributed by atoms with Crippen molar-refractivity contribution in [3.63, 3.8) is 0 Å². The Hall–Kier alpha value is -0.340. The molecule has 1 aliphatic rings. The molecule has 2 heteroatoms. The molecule has 15 heavy (non-hydrogen) atoms. The Bertz CT molecular complexity index is 306. The molecule has 1 aromatic heterocycles. The molecule has 0 amide bonds. The Morgan fingerprint density at radius 2 is 2.27 bits per heavy atom. The van der Waals surface area contributed by atoms with E-state index in [4.69, 9.17) is 0 Å². The van der Waals surface area contributed by atoms with Crippen LogP contribution in [-0.2, 0) is 6.42 Å². The molecule has 1 saturated carbocycles. The third kappa shape index (κ3) is 2.61. The molecular formula is C13H20OS. The molecule has 0 bridgehead atoms. The fraction of sp³-hybridized carbons (Fsp3) is 0.692. The van der Waals surface area contributed by atoms with Crippen LogP contribution in [0.25, 0.3) is 0 Å². The molecule has 84 valence electrons. The molecule has 1 heterocycles. The summed E-state index contributed by atoms with van der Waals surface area (Å²) in [7, 11) is 0. The summed E-state index contributed by atoms with van der Waals surface area (Å²) in [6.07, 6.45) is 3.94. The maximum Gasteiger partial charge on any atom is 0.0691 e. The Balaban J connectivity index is 2.01. The van der Waals surface area contributed by atoms with E-state index in [2.05, 4.69) is 30.7 Å². The Labute approximate surface area is 96.1 Å². The van der Waals surface area contributed by atoms with E-state index in [1.165, 1.54) is 12.0 Å². The van der Waals surface area contributed by atoms with Gasteiger partial charge < -0.3 is 5.11 Å². The molecule has 1 nitrogen and oxygen atoms in total. The highest BCUT2D eigenvalue weighted by molar-refractivity contribution is 7.07. The topological polar surface area (TPSA) is 20.2 Å². The van der Waals surface area contributed by atoms with Crippen LogP contribution in [0.15, 0.2) is 16.8 Å². The van der Waals surface area contributed by atoms with Gasteiger partial charge in [-0.3, -0.25) is 0 Å². The van der Waals surface area contributed by atoms with Crippen molar-refractivity contribution >= 4 is 11.3 Å². The normalized spacial score (nSPS) is 36.7. The van der Waals surface area contributed by atoms with E-state index in [9.17, 15) is 5.11 Å². The SMILES string of the molecule is CC1CCC(O)(Cc2ccsc2)CC1C. The average Bonchev–Trinajstić information content (AvgIpc) is 2.64. The minimum absolute atomic E-state index is 0.438. The fourth-order valence-electron chi connectivity index (χ4n) is 2.62. The van der Waals surface area contributed by atoms with E-state index >= 15 is 0 Å². The van der Waals surface area contributed by atoms with E-state index in [0.717, 1.165) is 25.2 Å². The van der Waals surface area contributed by atoms with Crippen LogP contribution in [0.1, 0.15) is 38.7 Å². The maximum atomic E-state index is 10.5. The van der Waals surface area contributed by atoms with Crippen LogP contribution in [-0.4, -0.2) is 10.7 Å². The van der Waals surface area contributed by atoms with Gasteiger partial charge in [-0.25, -0.2) is 0 Å². The maximum absolute atomic E-state index is 10.5. The molecule has 0 aliphatic heterocycles. The molecule has 0 radical (unpaired) electrons. The van der Waals surface area contributed by atoms with Crippen LogP contribution in [0.3, 0.4) is 0 Å². The van der Waals surface area contributed by atoms with E-state index < -0.39 is 5.60 Å². The summed E-state index contributed by atoms with van der Waals surface area (Å²) < 4.78 is 0. The predicted molar refractivity (Wildman–Crippen MR) is 65.2 cm³/mol. The second kappa shape index (κ2) is 4.26. The van der Waals surface area contributed by atoms with Crippen LogP contribution in [0.2, 0.25) is 0 Å². The number of hydrogen-bond acceptors (Lipinski definition) is 2. The number of aliphatic hydroxyl groups is 1. The lowest BCUT2D eigenvalue weighted by Crippen LogP contribution is -2.39. The van der Waals surface area contributed by atoms with E-state index in [1.807, 2.05) is 0 Å². The highest BCUT2D eigenvalue weighted by atomic mass is 32.1. The van der Waals surface area contributed by atoms with Gasteiger partial charge in [0, 0.05) is 6.42 Å². The van der Waals surface area contributed by atoms with E-state index in [1.54, 1.807) is 11.3 Å². The smallest absolute Gasteiger partial charge is 0.0691 e. The molecule has 1 aliphatic carbocycles. The highest BCUT2D eigenvalue weighted by Gasteiger charge is 2.35. The zero-order valence-electron chi connectivity index (χ0n) is 9.57. The second-order valence-electron chi connectivity index (χ2n) is 5.23. The van der Waals surface area contributed by atoms with Crippen LogP contribution in [0.5, 0.6) is 0 Å². The first kappa shape index (κ1) is 11.2. The first-order valence-electron chi connectivity index (χ1n) is 5.82. The minimum Gasteiger partial charge on any atom is -0.390 e. The summed E-state index contributed by atoms with van der Waals surface area (Å²) in [6, 6.07) is 2.13. The van der Waals surface area contributed by atoms with Crippen LogP contribution < -0.4 is 0 Å². The van der Waals surface area contributed by atoms with Crippen molar-refractivity contribution in [3.05, 3.63) is 22.4 Å². The summed E-state index contributed by atoms with van der Waals surface area (Å²) in [5.41, 5.74) is 0.858. The molecule has 2 rings (SSSR count). The van der Waals surface area contributed by atoms with Gasteiger partial charge >= 0.3 is 0 Å². The van der Waals surface area contributed by atoms with Gasteiger partial charge in [-0.2, -0.15) is 11.3 Å². The van der Waals surface area contributed by atoms with Gasteiger partial charge in [0.15, 0.2) is 0 Å². The van der Waals surface area contributed by atoms with E-state index in [0.29, 0.717) is 5.92 Å². The monoisotopic (exact) mass is 224 g/mol. The zero-order valence-corrected chi connectivity index (χ0v) is 10.4. The van der Waals surface area contributed by atoms with Crippen molar-refractivity contribution in [2.45, 2.75) is 45.1 Å². The van der Waals surface area contributed by atoms with Gasteiger partial charge in [-0.05, 0) is 53.5 Å². The summed E-state index contributed by atoms with van der Waals surface area (Å²) in [5.74, 6) is 1.43. The van der Waals surface area contributed by atoms with Crippen molar-refractivity contribution in [2.75, 3.05) is 0 Å². The second-order valence-corrected chi connectivity index (χ2v) is 6.01. The van der Waals surface area contributed by atoms with Gasteiger partial charge in [-0.1, -0.05) is 13.8 Å². The first-order chi connectivity index (χ1) is 7.09. The van der Waals surface area contributed by atoms with Crippen molar-refractivity contribution < 1.29 is 5.11 Å². The molecule has 1 fully saturated rings. The van der Waals surface area contributed by atoms with Crippen molar-refractivity contribution in [1.29, 1.82) is 0 Å². The average molecular weight is 224 g/mol. The molecule has 3 atom stereocenters. The lowest BCUT2D eigenvalue weighted by atomic mass is 9.71. The van der Waals surface area contributed by atoms with Gasteiger partial charge in [0.25, 0.3) is 0 Å².